The molecular weight excluding hydrogens is 189 g/mol. The molecule has 0 spiro atoms. The van der Waals surface area contributed by atoms with E-state index in [1.54, 1.807) is 6.07 Å². The summed E-state index contributed by atoms with van der Waals surface area (Å²) in [5.41, 5.74) is 3.36. The van der Waals surface area contributed by atoms with Gasteiger partial charge in [-0.05, 0) is 17.7 Å². The van der Waals surface area contributed by atoms with E-state index in [1.807, 2.05) is 0 Å². The molecule has 14 heavy (non-hydrogen) atoms. The van der Waals surface area contributed by atoms with Gasteiger partial charge in [-0.15, -0.1) is 0 Å². The third-order valence-corrected chi connectivity index (χ3v) is 1.91. The summed E-state index contributed by atoms with van der Waals surface area (Å²) in [7, 11) is 1.50. The molecule has 0 aliphatic carbocycles. The van der Waals surface area contributed by atoms with Crippen LogP contribution in [0.15, 0.2) is 12.1 Å². The van der Waals surface area contributed by atoms with Crippen molar-refractivity contribution in [1.29, 1.82) is 0 Å². The van der Waals surface area contributed by atoms with Crippen LogP contribution >= 0.6 is 0 Å². The van der Waals surface area contributed by atoms with Crippen molar-refractivity contribution in [2.24, 2.45) is 0 Å². The van der Waals surface area contributed by atoms with E-state index >= 15 is 0 Å². The largest absolute Gasteiger partial charge is 0.453 e. The van der Waals surface area contributed by atoms with Gasteiger partial charge in [-0.25, -0.2) is 4.39 Å². The van der Waals surface area contributed by atoms with Crippen molar-refractivity contribution >= 4 is 0 Å². The van der Waals surface area contributed by atoms with E-state index in [0.29, 0.717) is 12.3 Å². The topological polar surface area (TPSA) is 39.7 Å². The molecule has 0 saturated heterocycles. The fourth-order valence-corrected chi connectivity index (χ4v) is 1.28. The lowest BCUT2D eigenvalue weighted by molar-refractivity contribution is 0.0866. The number of halogens is 1. The first-order valence-electron chi connectivity index (χ1n) is 4.15. The molecule has 1 aromatic rings. The van der Waals surface area contributed by atoms with Crippen molar-refractivity contribution in [2.75, 3.05) is 13.9 Å². The maximum atomic E-state index is 13.3. The summed E-state index contributed by atoms with van der Waals surface area (Å²) >= 11 is 0. The normalized spacial score (nSPS) is 13.3. The molecule has 0 atom stereocenters. The molecule has 0 aromatic heterocycles. The molecule has 0 amide bonds. The molecule has 1 aliphatic heterocycles. The van der Waals surface area contributed by atoms with Gasteiger partial charge in [-0.3, -0.25) is 0 Å². The predicted molar refractivity (Wildman–Crippen MR) is 46.4 cm³/mol. The number of hydroxylamine groups is 1. The Labute approximate surface area is 80.5 Å². The zero-order valence-electron chi connectivity index (χ0n) is 7.67. The summed E-state index contributed by atoms with van der Waals surface area (Å²) < 4.78 is 23.3. The Hall–Kier alpha value is -1.33. The van der Waals surface area contributed by atoms with Crippen molar-refractivity contribution < 1.29 is 18.7 Å². The van der Waals surface area contributed by atoms with E-state index in [2.05, 4.69) is 10.3 Å². The highest BCUT2D eigenvalue weighted by Crippen LogP contribution is 2.35. The summed E-state index contributed by atoms with van der Waals surface area (Å²) in [5, 5.41) is 0. The van der Waals surface area contributed by atoms with Gasteiger partial charge in [0.05, 0.1) is 7.11 Å². The predicted octanol–water partition coefficient (Wildman–Crippen LogP) is 1.21. The second kappa shape index (κ2) is 3.81. The molecule has 76 valence electrons. The Balaban J connectivity index is 2.23. The Morgan fingerprint density at radius 3 is 3.14 bits per heavy atom. The molecule has 2 rings (SSSR count). The lowest BCUT2D eigenvalue weighted by Crippen LogP contribution is -2.10. The zero-order chi connectivity index (χ0) is 9.97. The highest BCUT2D eigenvalue weighted by Gasteiger charge is 2.19. The van der Waals surface area contributed by atoms with E-state index in [4.69, 9.17) is 9.47 Å². The molecule has 1 heterocycles. The average molecular weight is 199 g/mol. The van der Waals surface area contributed by atoms with Crippen molar-refractivity contribution in [3.63, 3.8) is 0 Å². The third kappa shape index (κ3) is 1.64. The number of nitrogens with one attached hydrogen (secondary N) is 1. The lowest BCUT2D eigenvalue weighted by atomic mass is 10.2. The van der Waals surface area contributed by atoms with E-state index in [-0.39, 0.29) is 12.5 Å². The Bertz CT molecular complexity index is 343. The van der Waals surface area contributed by atoms with E-state index in [9.17, 15) is 4.39 Å². The average Bonchev–Trinajstić information content (AvgIpc) is 2.63. The van der Waals surface area contributed by atoms with Gasteiger partial charge in [0.25, 0.3) is 0 Å². The summed E-state index contributed by atoms with van der Waals surface area (Å²) in [6.07, 6.45) is 0. The molecule has 5 heteroatoms. The van der Waals surface area contributed by atoms with Crippen LogP contribution in [-0.2, 0) is 11.4 Å². The van der Waals surface area contributed by atoms with Crippen molar-refractivity contribution in [2.45, 2.75) is 6.54 Å². The lowest BCUT2D eigenvalue weighted by Gasteiger charge is -2.04. The molecule has 0 radical (unpaired) electrons. The van der Waals surface area contributed by atoms with Crippen LogP contribution in [0.2, 0.25) is 0 Å². The Morgan fingerprint density at radius 1 is 1.50 bits per heavy atom. The number of ether oxygens (including phenoxy) is 2. The number of rotatable bonds is 3. The van der Waals surface area contributed by atoms with Crippen molar-refractivity contribution in [3.8, 4) is 11.5 Å². The van der Waals surface area contributed by atoms with Gasteiger partial charge in [0.1, 0.15) is 0 Å². The highest BCUT2D eigenvalue weighted by molar-refractivity contribution is 5.45. The highest BCUT2D eigenvalue weighted by atomic mass is 19.1. The number of benzene rings is 1. The van der Waals surface area contributed by atoms with Crippen LogP contribution in [0, 0.1) is 5.82 Å². The molecule has 1 aliphatic rings. The van der Waals surface area contributed by atoms with Crippen LogP contribution in [0.3, 0.4) is 0 Å². The second-order valence-corrected chi connectivity index (χ2v) is 2.84. The van der Waals surface area contributed by atoms with Gasteiger partial charge in [0.2, 0.25) is 12.5 Å². The smallest absolute Gasteiger partial charge is 0.231 e. The van der Waals surface area contributed by atoms with E-state index in [0.717, 1.165) is 5.56 Å². The summed E-state index contributed by atoms with van der Waals surface area (Å²) in [6.45, 7) is 0.497. The van der Waals surface area contributed by atoms with Crippen LogP contribution in [0.4, 0.5) is 4.39 Å². The summed E-state index contributed by atoms with van der Waals surface area (Å²) in [4.78, 5) is 4.66. The maximum absolute atomic E-state index is 13.3. The zero-order valence-corrected chi connectivity index (χ0v) is 7.67. The fraction of sp³-hybridized carbons (Fsp3) is 0.333. The van der Waals surface area contributed by atoms with E-state index in [1.165, 1.54) is 13.2 Å². The van der Waals surface area contributed by atoms with Crippen LogP contribution in [-0.4, -0.2) is 13.9 Å². The first kappa shape index (κ1) is 9.23. The van der Waals surface area contributed by atoms with Gasteiger partial charge in [-0.2, -0.15) is 5.48 Å². The maximum Gasteiger partial charge on any atom is 0.231 e. The molecule has 1 aromatic carbocycles. The Morgan fingerprint density at radius 2 is 2.36 bits per heavy atom. The monoisotopic (exact) mass is 199 g/mol. The quantitative estimate of drug-likeness (QED) is 0.742. The minimum absolute atomic E-state index is 0.0768. The first-order valence-corrected chi connectivity index (χ1v) is 4.15. The molecule has 1 N–H and O–H groups in total. The van der Waals surface area contributed by atoms with Gasteiger partial charge in [-0.1, -0.05) is 0 Å². The van der Waals surface area contributed by atoms with Gasteiger partial charge in [0, 0.05) is 6.54 Å². The molecule has 0 unspecified atom stereocenters. The van der Waals surface area contributed by atoms with Crippen LogP contribution < -0.4 is 15.0 Å². The summed E-state index contributed by atoms with van der Waals surface area (Å²) in [5.74, 6) is 0.219. The van der Waals surface area contributed by atoms with Gasteiger partial charge in [0.15, 0.2) is 11.6 Å². The van der Waals surface area contributed by atoms with Crippen LogP contribution in [0.5, 0.6) is 11.5 Å². The molecule has 4 nitrogen and oxygen atoms in total. The number of hydrogen-bond donors (Lipinski definition) is 1. The number of fused-ring (bicyclic) bond motifs is 1. The van der Waals surface area contributed by atoms with Crippen LogP contribution in [0.25, 0.3) is 0 Å². The molecule has 0 bridgehead atoms. The standard InChI is InChI=1S/C9H10FNO3/c1-12-11-4-6-2-7(10)9-8(3-6)13-5-14-9/h2-3,11H,4-5H2,1H3. The number of hydrogen-bond acceptors (Lipinski definition) is 4. The Kier molecular flexibility index (Phi) is 2.51. The molecular formula is C9H10FNO3. The van der Waals surface area contributed by atoms with Gasteiger partial charge >= 0.3 is 0 Å². The molecule has 0 saturated carbocycles. The summed E-state index contributed by atoms with van der Waals surface area (Å²) in [6, 6.07) is 3.11. The van der Waals surface area contributed by atoms with Crippen LogP contribution in [0.1, 0.15) is 5.56 Å². The second-order valence-electron chi connectivity index (χ2n) is 2.84. The SMILES string of the molecule is CONCc1cc(F)c2c(c1)OCO2. The van der Waals surface area contributed by atoms with E-state index < -0.39 is 5.82 Å². The first-order chi connectivity index (χ1) is 6.81. The fourth-order valence-electron chi connectivity index (χ4n) is 1.28. The molecule has 0 fully saturated rings. The van der Waals surface area contributed by atoms with Crippen molar-refractivity contribution in [1.82, 2.24) is 5.48 Å². The minimum Gasteiger partial charge on any atom is -0.453 e. The van der Waals surface area contributed by atoms with Crippen molar-refractivity contribution in [3.05, 3.63) is 23.5 Å². The van der Waals surface area contributed by atoms with Gasteiger partial charge < -0.3 is 14.3 Å². The third-order valence-electron chi connectivity index (χ3n) is 1.91. The minimum atomic E-state index is -0.409.